The zero-order chi connectivity index (χ0) is 18.3. The first-order valence-corrected chi connectivity index (χ1v) is 9.97. The van der Waals surface area contributed by atoms with E-state index in [0.29, 0.717) is 0 Å². The summed E-state index contributed by atoms with van der Waals surface area (Å²) in [7, 11) is 0. The third-order valence-electron chi connectivity index (χ3n) is 3.66. The van der Waals surface area contributed by atoms with Crippen molar-refractivity contribution in [1.82, 2.24) is 0 Å². The van der Waals surface area contributed by atoms with Crippen LogP contribution >= 0.6 is 0 Å². The molecule has 1 rings (SSSR count). The van der Waals surface area contributed by atoms with Gasteiger partial charge in [-0.05, 0) is 18.4 Å². The van der Waals surface area contributed by atoms with E-state index < -0.39 is 23.1 Å². The van der Waals surface area contributed by atoms with Gasteiger partial charge in [-0.2, -0.15) is 16.8 Å². The summed E-state index contributed by atoms with van der Waals surface area (Å²) >= 11 is -1.50. The van der Waals surface area contributed by atoms with Gasteiger partial charge in [0.1, 0.15) is 0 Å². The number of rotatable bonds is 11. The Hall–Kier alpha value is 0.120. The quantitative estimate of drug-likeness (QED) is 0.397. The molecule has 0 aliphatic carbocycles. The van der Waals surface area contributed by atoms with E-state index in [2.05, 4.69) is 37.3 Å². The zero-order valence-corrected chi connectivity index (χ0v) is 19.2. The first-order chi connectivity index (χ1) is 11.8. The number of hydrogen-bond donors (Lipinski definition) is 0. The van der Waals surface area contributed by atoms with Gasteiger partial charge in [0.2, 0.25) is 0 Å². The molecule has 0 unspecified atom stereocenters. The van der Waals surface area contributed by atoms with Crippen molar-refractivity contribution in [2.24, 2.45) is 0 Å². The molecule has 0 aliphatic rings. The van der Waals surface area contributed by atoms with Crippen molar-refractivity contribution in [2.75, 3.05) is 0 Å². The molecule has 0 N–H and O–H groups in total. The van der Waals surface area contributed by atoms with E-state index in [-0.39, 0.29) is 37.7 Å². The number of aryl methyl sites for hydroxylation is 1. The average Bonchev–Trinajstić information content (AvgIpc) is 2.59. The van der Waals surface area contributed by atoms with Gasteiger partial charge in [0.25, 0.3) is 0 Å². The predicted molar refractivity (Wildman–Crippen MR) is 106 cm³/mol. The van der Waals surface area contributed by atoms with E-state index in [1.807, 2.05) is 0 Å². The molecule has 0 saturated carbocycles. The van der Waals surface area contributed by atoms with Gasteiger partial charge in [-0.3, -0.25) is 0 Å². The fraction of sp³-hybridized carbons (Fsp3) is 0.667. The molecule has 0 fully saturated rings. The van der Waals surface area contributed by atoms with E-state index in [0.717, 1.165) is 0 Å². The van der Waals surface area contributed by atoms with Gasteiger partial charge in [-0.25, -0.2) is 0 Å². The third kappa shape index (κ3) is 29.2. The molecule has 7 heteroatoms. The summed E-state index contributed by atoms with van der Waals surface area (Å²) < 4.78 is 33.2. The standard InChI is InChI=1S/C18H30.Ca.2O2S/c1-2-3-4-5-6-7-8-9-10-12-15-18-16-13-11-14-17-18;;2*1-3-2/h11,13-14,16-17H,2-10,12,15H2,1H3;;;/q;+2;;. The normalized spacial score (nSPS) is 8.68. The molecular formula is C18H30CaO4S2+2. The maximum atomic E-state index is 8.29. The van der Waals surface area contributed by atoms with Crippen molar-refractivity contribution in [3.63, 3.8) is 0 Å². The fourth-order valence-corrected chi connectivity index (χ4v) is 2.46. The molecule has 0 atom stereocenters. The molecule has 1 aromatic carbocycles. The number of hydrogen-bond acceptors (Lipinski definition) is 4. The number of unbranched alkanes of at least 4 members (excludes halogenated alkanes) is 9. The molecule has 0 aromatic heterocycles. The largest absolute Gasteiger partial charge is 2.00 e. The van der Waals surface area contributed by atoms with Crippen molar-refractivity contribution in [3.8, 4) is 0 Å². The maximum absolute atomic E-state index is 8.29. The molecule has 4 nitrogen and oxygen atoms in total. The fourth-order valence-electron chi connectivity index (χ4n) is 2.46. The summed E-state index contributed by atoms with van der Waals surface area (Å²) in [6.45, 7) is 2.28. The molecule has 0 bridgehead atoms. The minimum Gasteiger partial charge on any atom is -0.168 e. The maximum Gasteiger partial charge on any atom is 2.00 e. The summed E-state index contributed by atoms with van der Waals surface area (Å²) in [5.41, 5.74) is 1.50. The molecule has 0 heterocycles. The molecule has 1 aromatic rings. The second-order valence-corrected chi connectivity index (χ2v) is 5.83. The summed E-state index contributed by atoms with van der Waals surface area (Å²) in [4.78, 5) is 0. The minimum absolute atomic E-state index is 0. The average molecular weight is 415 g/mol. The van der Waals surface area contributed by atoms with Crippen LogP contribution in [0, 0.1) is 0 Å². The molecule has 0 spiro atoms. The van der Waals surface area contributed by atoms with Gasteiger partial charge in [0, 0.05) is 0 Å². The Bertz CT molecular complexity index is 420. The van der Waals surface area contributed by atoms with Gasteiger partial charge < -0.3 is 0 Å². The smallest absolute Gasteiger partial charge is 0.168 e. The topological polar surface area (TPSA) is 68.3 Å². The Labute approximate surface area is 189 Å². The van der Waals surface area contributed by atoms with E-state index in [1.165, 1.54) is 76.2 Å². The van der Waals surface area contributed by atoms with Crippen LogP contribution in [0.15, 0.2) is 30.3 Å². The monoisotopic (exact) mass is 414 g/mol. The molecule has 0 radical (unpaired) electrons. The van der Waals surface area contributed by atoms with Gasteiger partial charge in [-0.1, -0.05) is 95.0 Å². The molecule has 138 valence electrons. The van der Waals surface area contributed by atoms with Crippen LogP contribution in [-0.4, -0.2) is 54.6 Å². The van der Waals surface area contributed by atoms with Gasteiger partial charge in [0.05, 0.1) is 0 Å². The Morgan fingerprint density at radius 3 is 1.40 bits per heavy atom. The van der Waals surface area contributed by atoms with Crippen LogP contribution in [0.25, 0.3) is 0 Å². The van der Waals surface area contributed by atoms with Crippen LogP contribution < -0.4 is 0 Å². The second-order valence-electron chi connectivity index (χ2n) is 5.55. The van der Waals surface area contributed by atoms with E-state index in [4.69, 9.17) is 16.8 Å². The molecule has 0 saturated heterocycles. The Balaban J connectivity index is -0.000000606. The van der Waals surface area contributed by atoms with Crippen molar-refractivity contribution in [2.45, 2.75) is 77.6 Å². The summed E-state index contributed by atoms with van der Waals surface area (Å²) in [6, 6.07) is 10.9. The summed E-state index contributed by atoms with van der Waals surface area (Å²) in [5.74, 6) is 0. The van der Waals surface area contributed by atoms with Gasteiger partial charge >= 0.3 is 60.9 Å². The first kappa shape index (κ1) is 29.9. The minimum atomic E-state index is -0.750. The summed E-state index contributed by atoms with van der Waals surface area (Å²) in [5, 5.41) is 0. The Kier molecular flexibility index (Phi) is 34.5. The van der Waals surface area contributed by atoms with Crippen LogP contribution in [0.3, 0.4) is 0 Å². The molecule has 0 aliphatic heterocycles. The van der Waals surface area contributed by atoms with Crippen LogP contribution in [-0.2, 0) is 29.6 Å². The van der Waals surface area contributed by atoms with Crippen LogP contribution in [0.5, 0.6) is 0 Å². The molecule has 25 heavy (non-hydrogen) atoms. The van der Waals surface area contributed by atoms with Crippen molar-refractivity contribution >= 4 is 60.9 Å². The van der Waals surface area contributed by atoms with Crippen LogP contribution in [0.2, 0.25) is 0 Å². The van der Waals surface area contributed by atoms with Crippen molar-refractivity contribution < 1.29 is 16.8 Å². The van der Waals surface area contributed by atoms with Crippen LogP contribution in [0.1, 0.15) is 76.7 Å². The van der Waals surface area contributed by atoms with Crippen LogP contribution in [0.4, 0.5) is 0 Å². The van der Waals surface area contributed by atoms with Gasteiger partial charge in [0.15, 0.2) is 0 Å². The third-order valence-corrected chi connectivity index (χ3v) is 3.66. The van der Waals surface area contributed by atoms with E-state index in [9.17, 15) is 0 Å². The molecular weight excluding hydrogens is 384 g/mol. The number of benzene rings is 1. The molecule has 0 amide bonds. The van der Waals surface area contributed by atoms with E-state index in [1.54, 1.807) is 0 Å². The van der Waals surface area contributed by atoms with E-state index >= 15 is 0 Å². The first-order valence-electron chi connectivity index (χ1n) is 8.64. The SMILES string of the molecule is CCCCCCCCCCCCc1ccccc1.O=S=O.O=S=O.[Ca+2]. The predicted octanol–water partition coefficient (Wildman–Crippen LogP) is 4.43. The van der Waals surface area contributed by atoms with Crippen molar-refractivity contribution in [3.05, 3.63) is 35.9 Å². The Morgan fingerprint density at radius 1 is 0.640 bits per heavy atom. The zero-order valence-electron chi connectivity index (χ0n) is 15.3. The Morgan fingerprint density at radius 2 is 1.00 bits per heavy atom. The van der Waals surface area contributed by atoms with Crippen molar-refractivity contribution in [1.29, 1.82) is 0 Å². The second kappa shape index (κ2) is 28.9. The summed E-state index contributed by atoms with van der Waals surface area (Å²) in [6.07, 6.45) is 15.5. The van der Waals surface area contributed by atoms with Gasteiger partial charge in [-0.15, -0.1) is 0 Å².